The van der Waals surface area contributed by atoms with Crippen LogP contribution < -0.4 is 5.73 Å². The molecule has 2 aromatic rings. The topological polar surface area (TPSA) is 46.3 Å². The summed E-state index contributed by atoms with van der Waals surface area (Å²) in [4.78, 5) is 13.7. The van der Waals surface area contributed by atoms with Gasteiger partial charge in [0.25, 0.3) is 0 Å². The molecule has 3 nitrogen and oxygen atoms in total. The Labute approximate surface area is 113 Å². The van der Waals surface area contributed by atoms with Gasteiger partial charge in [-0.25, -0.2) is 0 Å². The van der Waals surface area contributed by atoms with E-state index in [1.54, 1.807) is 0 Å². The van der Waals surface area contributed by atoms with Gasteiger partial charge in [0.2, 0.25) is 5.91 Å². The van der Waals surface area contributed by atoms with E-state index in [0.717, 1.165) is 11.1 Å². The number of primary amides is 1. The second-order valence-electron chi connectivity index (χ2n) is 4.62. The van der Waals surface area contributed by atoms with Crippen LogP contribution in [0.4, 0.5) is 0 Å². The second kappa shape index (κ2) is 6.16. The summed E-state index contributed by atoms with van der Waals surface area (Å²) in [6, 6.07) is 19.3. The molecule has 0 saturated carbocycles. The van der Waals surface area contributed by atoms with E-state index in [2.05, 4.69) is 0 Å². The van der Waals surface area contributed by atoms with Crippen LogP contribution in [0.2, 0.25) is 0 Å². The lowest BCUT2D eigenvalue weighted by atomic mass is 10.0. The number of likely N-dealkylation sites (N-methyl/N-ethyl adjacent to an activating group) is 1. The highest BCUT2D eigenvalue weighted by atomic mass is 16.1. The summed E-state index contributed by atoms with van der Waals surface area (Å²) < 4.78 is 0. The van der Waals surface area contributed by atoms with Crippen LogP contribution in [0.3, 0.4) is 0 Å². The normalized spacial score (nSPS) is 12.3. The maximum Gasteiger partial charge on any atom is 0.239 e. The van der Waals surface area contributed by atoms with Gasteiger partial charge in [-0.15, -0.1) is 0 Å². The Balaban J connectivity index is 2.18. The van der Waals surface area contributed by atoms with E-state index in [4.69, 9.17) is 5.73 Å². The first-order valence-corrected chi connectivity index (χ1v) is 6.27. The molecule has 2 N–H and O–H groups in total. The van der Waals surface area contributed by atoms with Crippen molar-refractivity contribution in [1.29, 1.82) is 0 Å². The standard InChI is InChI=1S/C16H18N2O/c1-18(12-13-8-4-2-5-9-13)15(16(17)19)14-10-6-3-7-11-14/h2-11,15H,12H2,1H3,(H2,17,19)/t15-/m1/s1. The first-order valence-electron chi connectivity index (χ1n) is 6.27. The van der Waals surface area contributed by atoms with Crippen molar-refractivity contribution in [2.75, 3.05) is 7.05 Å². The van der Waals surface area contributed by atoms with Crippen LogP contribution >= 0.6 is 0 Å². The van der Waals surface area contributed by atoms with E-state index in [9.17, 15) is 4.79 Å². The van der Waals surface area contributed by atoms with Crippen molar-refractivity contribution in [1.82, 2.24) is 4.90 Å². The molecular weight excluding hydrogens is 236 g/mol. The molecular formula is C16H18N2O. The molecule has 0 unspecified atom stereocenters. The first-order chi connectivity index (χ1) is 9.18. The number of rotatable bonds is 5. The molecule has 0 aliphatic heterocycles. The third-order valence-electron chi connectivity index (χ3n) is 3.10. The highest BCUT2D eigenvalue weighted by molar-refractivity contribution is 5.81. The number of carbonyl (C=O) groups excluding carboxylic acids is 1. The zero-order valence-electron chi connectivity index (χ0n) is 11.0. The Kier molecular flexibility index (Phi) is 4.31. The number of hydrogen-bond donors (Lipinski definition) is 1. The summed E-state index contributed by atoms with van der Waals surface area (Å²) in [6.45, 7) is 0.684. The maximum atomic E-state index is 11.7. The van der Waals surface area contributed by atoms with Gasteiger partial charge in [-0.2, -0.15) is 0 Å². The molecule has 3 heteroatoms. The molecule has 2 rings (SSSR count). The summed E-state index contributed by atoms with van der Waals surface area (Å²) in [6.07, 6.45) is 0. The average molecular weight is 254 g/mol. The highest BCUT2D eigenvalue weighted by Crippen LogP contribution is 2.20. The van der Waals surface area contributed by atoms with Gasteiger partial charge in [0.1, 0.15) is 6.04 Å². The van der Waals surface area contributed by atoms with E-state index in [1.165, 1.54) is 0 Å². The first kappa shape index (κ1) is 13.3. The Hall–Kier alpha value is -2.13. The molecule has 0 saturated heterocycles. The highest BCUT2D eigenvalue weighted by Gasteiger charge is 2.22. The number of nitrogens with two attached hydrogens (primary N) is 1. The molecule has 0 spiro atoms. The molecule has 2 aromatic carbocycles. The minimum Gasteiger partial charge on any atom is -0.368 e. The largest absolute Gasteiger partial charge is 0.368 e. The van der Waals surface area contributed by atoms with Gasteiger partial charge >= 0.3 is 0 Å². The average Bonchev–Trinajstić information content (AvgIpc) is 2.40. The molecule has 0 aliphatic rings. The van der Waals surface area contributed by atoms with Crippen molar-refractivity contribution in [3.05, 3.63) is 71.8 Å². The van der Waals surface area contributed by atoms with Crippen LogP contribution in [0.5, 0.6) is 0 Å². The lowest BCUT2D eigenvalue weighted by molar-refractivity contribution is -0.123. The fourth-order valence-electron chi connectivity index (χ4n) is 2.23. The van der Waals surface area contributed by atoms with Crippen molar-refractivity contribution in [3.8, 4) is 0 Å². The van der Waals surface area contributed by atoms with Gasteiger partial charge in [0, 0.05) is 6.54 Å². The van der Waals surface area contributed by atoms with Gasteiger partial charge in [-0.3, -0.25) is 9.69 Å². The monoisotopic (exact) mass is 254 g/mol. The van der Waals surface area contributed by atoms with E-state index in [1.807, 2.05) is 72.6 Å². The minimum atomic E-state index is -0.401. The van der Waals surface area contributed by atoms with Crippen molar-refractivity contribution < 1.29 is 4.79 Å². The van der Waals surface area contributed by atoms with E-state index in [0.29, 0.717) is 6.54 Å². The van der Waals surface area contributed by atoms with Gasteiger partial charge in [0.05, 0.1) is 0 Å². The Morgan fingerprint density at radius 2 is 1.58 bits per heavy atom. The van der Waals surface area contributed by atoms with Crippen LogP contribution in [-0.2, 0) is 11.3 Å². The predicted octanol–water partition coefficient (Wildman–Crippen LogP) is 2.35. The van der Waals surface area contributed by atoms with Gasteiger partial charge in [-0.1, -0.05) is 60.7 Å². The fraction of sp³-hybridized carbons (Fsp3) is 0.188. The van der Waals surface area contributed by atoms with Crippen LogP contribution in [0.15, 0.2) is 60.7 Å². The molecule has 1 atom stereocenters. The molecule has 0 radical (unpaired) electrons. The van der Waals surface area contributed by atoms with Gasteiger partial charge in [0.15, 0.2) is 0 Å². The van der Waals surface area contributed by atoms with Crippen LogP contribution in [0, 0.1) is 0 Å². The SMILES string of the molecule is CN(Cc1ccccc1)[C@@H](C(N)=O)c1ccccc1. The zero-order valence-corrected chi connectivity index (χ0v) is 11.0. The van der Waals surface area contributed by atoms with Gasteiger partial charge in [-0.05, 0) is 18.2 Å². The molecule has 0 fully saturated rings. The number of benzene rings is 2. The summed E-state index contributed by atoms with van der Waals surface area (Å²) in [5, 5.41) is 0. The number of nitrogens with zero attached hydrogens (tertiary/aromatic N) is 1. The van der Waals surface area contributed by atoms with E-state index < -0.39 is 6.04 Å². The summed E-state index contributed by atoms with van der Waals surface area (Å²) in [5.41, 5.74) is 7.63. The Morgan fingerprint density at radius 3 is 2.11 bits per heavy atom. The molecule has 19 heavy (non-hydrogen) atoms. The quantitative estimate of drug-likeness (QED) is 0.890. The number of amides is 1. The fourth-order valence-corrected chi connectivity index (χ4v) is 2.23. The maximum absolute atomic E-state index is 11.7. The molecule has 0 aliphatic carbocycles. The van der Waals surface area contributed by atoms with Crippen molar-refractivity contribution in [2.45, 2.75) is 12.6 Å². The third-order valence-corrected chi connectivity index (χ3v) is 3.10. The van der Waals surface area contributed by atoms with E-state index >= 15 is 0 Å². The number of carbonyl (C=O) groups is 1. The lowest BCUT2D eigenvalue weighted by Crippen LogP contribution is -2.34. The van der Waals surface area contributed by atoms with Crippen molar-refractivity contribution in [3.63, 3.8) is 0 Å². The molecule has 0 heterocycles. The molecule has 0 bridgehead atoms. The van der Waals surface area contributed by atoms with Crippen LogP contribution in [0.1, 0.15) is 17.2 Å². The Bertz CT molecular complexity index is 525. The number of hydrogen-bond acceptors (Lipinski definition) is 2. The molecule has 1 amide bonds. The Morgan fingerprint density at radius 1 is 1.05 bits per heavy atom. The minimum absolute atomic E-state index is 0.329. The van der Waals surface area contributed by atoms with Crippen LogP contribution in [-0.4, -0.2) is 17.9 Å². The summed E-state index contributed by atoms with van der Waals surface area (Å²) in [7, 11) is 1.91. The second-order valence-corrected chi connectivity index (χ2v) is 4.62. The smallest absolute Gasteiger partial charge is 0.239 e. The van der Waals surface area contributed by atoms with Crippen molar-refractivity contribution in [2.24, 2.45) is 5.73 Å². The lowest BCUT2D eigenvalue weighted by Gasteiger charge is -2.25. The van der Waals surface area contributed by atoms with E-state index in [-0.39, 0.29) is 5.91 Å². The summed E-state index contributed by atoms with van der Waals surface area (Å²) >= 11 is 0. The third kappa shape index (κ3) is 3.42. The predicted molar refractivity (Wildman–Crippen MR) is 76.3 cm³/mol. The van der Waals surface area contributed by atoms with Gasteiger partial charge < -0.3 is 5.73 Å². The van der Waals surface area contributed by atoms with Crippen molar-refractivity contribution >= 4 is 5.91 Å². The summed E-state index contributed by atoms with van der Waals surface area (Å²) in [5.74, 6) is -0.329. The zero-order chi connectivity index (χ0) is 13.7. The van der Waals surface area contributed by atoms with Crippen LogP contribution in [0.25, 0.3) is 0 Å². The molecule has 0 aromatic heterocycles. The molecule has 98 valence electrons.